The standard InChI is InChI=1S/C16H19N3O4/c1-3-4-11-13-10(14(20)17-8(2)16(21)22)7-12(9-5-6-9)18-15(13)23-19-11/h7-9H,3-6H2,1-2H3,(H,17,20)(H,21,22). The fourth-order valence-electron chi connectivity index (χ4n) is 2.54. The number of aryl methyl sites for hydroxylation is 1. The normalized spacial score (nSPS) is 15.6. The summed E-state index contributed by atoms with van der Waals surface area (Å²) in [6.07, 6.45) is 3.62. The first-order valence-electron chi connectivity index (χ1n) is 7.84. The number of fused-ring (bicyclic) bond motifs is 1. The quantitative estimate of drug-likeness (QED) is 0.846. The second-order valence-corrected chi connectivity index (χ2v) is 5.96. The average molecular weight is 317 g/mol. The van der Waals surface area contributed by atoms with Crippen molar-refractivity contribution in [1.82, 2.24) is 15.5 Å². The van der Waals surface area contributed by atoms with E-state index in [4.69, 9.17) is 9.63 Å². The molecule has 1 aliphatic carbocycles. The van der Waals surface area contributed by atoms with Gasteiger partial charge in [-0.3, -0.25) is 9.59 Å². The molecule has 7 nitrogen and oxygen atoms in total. The van der Waals surface area contributed by atoms with Crippen LogP contribution in [0.15, 0.2) is 10.6 Å². The van der Waals surface area contributed by atoms with Gasteiger partial charge in [-0.15, -0.1) is 0 Å². The lowest BCUT2D eigenvalue weighted by molar-refractivity contribution is -0.138. The van der Waals surface area contributed by atoms with Crippen molar-refractivity contribution in [3.05, 3.63) is 23.0 Å². The third-order valence-corrected chi connectivity index (χ3v) is 3.98. The Kier molecular flexibility index (Phi) is 4.02. The molecule has 0 aromatic carbocycles. The van der Waals surface area contributed by atoms with Crippen LogP contribution in [-0.2, 0) is 11.2 Å². The van der Waals surface area contributed by atoms with Crippen LogP contribution in [0.1, 0.15) is 60.8 Å². The van der Waals surface area contributed by atoms with E-state index < -0.39 is 17.9 Å². The van der Waals surface area contributed by atoms with Crippen LogP contribution in [0.4, 0.5) is 0 Å². The summed E-state index contributed by atoms with van der Waals surface area (Å²) in [7, 11) is 0. The van der Waals surface area contributed by atoms with Crippen LogP contribution in [0.25, 0.3) is 11.1 Å². The van der Waals surface area contributed by atoms with Crippen molar-refractivity contribution in [1.29, 1.82) is 0 Å². The molecule has 0 saturated heterocycles. The molecule has 2 heterocycles. The predicted molar refractivity (Wildman–Crippen MR) is 82.3 cm³/mol. The Bertz CT molecular complexity index is 764. The summed E-state index contributed by atoms with van der Waals surface area (Å²) in [5.74, 6) is -1.16. The van der Waals surface area contributed by atoms with Gasteiger partial charge in [0, 0.05) is 11.6 Å². The van der Waals surface area contributed by atoms with Gasteiger partial charge in [-0.1, -0.05) is 18.5 Å². The molecule has 0 radical (unpaired) electrons. The van der Waals surface area contributed by atoms with Crippen LogP contribution in [-0.4, -0.2) is 33.2 Å². The Morgan fingerprint density at radius 3 is 2.83 bits per heavy atom. The van der Waals surface area contributed by atoms with Crippen molar-refractivity contribution in [3.63, 3.8) is 0 Å². The topological polar surface area (TPSA) is 105 Å². The first kappa shape index (κ1) is 15.5. The summed E-state index contributed by atoms with van der Waals surface area (Å²) in [6, 6.07) is 0.782. The van der Waals surface area contributed by atoms with E-state index in [2.05, 4.69) is 15.5 Å². The summed E-state index contributed by atoms with van der Waals surface area (Å²) < 4.78 is 5.31. The van der Waals surface area contributed by atoms with Gasteiger partial charge in [0.15, 0.2) is 0 Å². The van der Waals surface area contributed by atoms with Crippen LogP contribution in [0.3, 0.4) is 0 Å². The highest BCUT2D eigenvalue weighted by molar-refractivity contribution is 6.07. The third kappa shape index (κ3) is 3.04. The number of carboxylic acids is 1. The highest BCUT2D eigenvalue weighted by Gasteiger charge is 2.29. The Labute approximate surface area is 133 Å². The number of aromatic nitrogens is 2. The minimum absolute atomic E-state index is 0.350. The molecule has 0 spiro atoms. The second kappa shape index (κ2) is 5.98. The molecule has 1 fully saturated rings. The van der Waals surface area contributed by atoms with E-state index in [0.717, 1.165) is 25.0 Å². The van der Waals surface area contributed by atoms with Crippen LogP contribution >= 0.6 is 0 Å². The number of nitrogens with zero attached hydrogens (tertiary/aromatic N) is 2. The van der Waals surface area contributed by atoms with Gasteiger partial charge in [-0.2, -0.15) is 0 Å². The molecule has 122 valence electrons. The zero-order chi connectivity index (χ0) is 16.6. The van der Waals surface area contributed by atoms with Gasteiger partial charge < -0.3 is 14.9 Å². The lowest BCUT2D eigenvalue weighted by Gasteiger charge is -2.11. The van der Waals surface area contributed by atoms with Gasteiger partial charge in [0.25, 0.3) is 11.6 Å². The van der Waals surface area contributed by atoms with Crippen molar-refractivity contribution in [3.8, 4) is 0 Å². The number of nitrogens with one attached hydrogen (secondary N) is 1. The van der Waals surface area contributed by atoms with Crippen molar-refractivity contribution < 1.29 is 19.2 Å². The molecule has 2 aromatic heterocycles. The molecule has 1 atom stereocenters. The van der Waals surface area contributed by atoms with Crippen molar-refractivity contribution in [2.24, 2.45) is 0 Å². The number of carbonyl (C=O) groups excluding carboxylic acids is 1. The molecule has 1 amide bonds. The Balaban J connectivity index is 2.05. The van der Waals surface area contributed by atoms with E-state index in [9.17, 15) is 9.59 Å². The molecule has 7 heteroatoms. The monoisotopic (exact) mass is 317 g/mol. The van der Waals surface area contributed by atoms with E-state index in [1.54, 1.807) is 6.07 Å². The van der Waals surface area contributed by atoms with E-state index >= 15 is 0 Å². The Morgan fingerprint density at radius 2 is 2.22 bits per heavy atom. The number of aliphatic carboxylic acids is 1. The molecule has 3 rings (SSSR count). The predicted octanol–water partition coefficient (Wildman–Crippen LogP) is 2.26. The lowest BCUT2D eigenvalue weighted by Crippen LogP contribution is -2.38. The maximum Gasteiger partial charge on any atom is 0.325 e. The number of pyridine rings is 1. The van der Waals surface area contributed by atoms with E-state index in [1.165, 1.54) is 6.92 Å². The van der Waals surface area contributed by atoms with Gasteiger partial charge in [0.1, 0.15) is 6.04 Å². The van der Waals surface area contributed by atoms with Crippen molar-refractivity contribution in [2.45, 2.75) is 51.5 Å². The second-order valence-electron chi connectivity index (χ2n) is 5.96. The molecular formula is C16H19N3O4. The molecule has 2 N–H and O–H groups in total. The summed E-state index contributed by atoms with van der Waals surface area (Å²) in [5.41, 5.74) is 2.25. The largest absolute Gasteiger partial charge is 0.480 e. The number of amides is 1. The molecular weight excluding hydrogens is 298 g/mol. The molecule has 0 aliphatic heterocycles. The molecule has 0 bridgehead atoms. The summed E-state index contributed by atoms with van der Waals surface area (Å²) in [4.78, 5) is 28.0. The highest BCUT2D eigenvalue weighted by Crippen LogP contribution is 2.40. The van der Waals surface area contributed by atoms with Crippen LogP contribution < -0.4 is 5.32 Å². The number of carboxylic acid groups (broad SMARTS) is 1. The maximum absolute atomic E-state index is 12.6. The van der Waals surface area contributed by atoms with Gasteiger partial charge in [0.2, 0.25) is 0 Å². The zero-order valence-corrected chi connectivity index (χ0v) is 13.1. The van der Waals surface area contributed by atoms with Gasteiger partial charge in [0.05, 0.1) is 16.6 Å². The van der Waals surface area contributed by atoms with Gasteiger partial charge >= 0.3 is 5.97 Å². The van der Waals surface area contributed by atoms with E-state index in [-0.39, 0.29) is 0 Å². The Hall–Kier alpha value is -2.44. The van der Waals surface area contributed by atoms with Crippen LogP contribution in [0, 0.1) is 0 Å². The first-order valence-corrected chi connectivity index (χ1v) is 7.84. The minimum atomic E-state index is -1.08. The van der Waals surface area contributed by atoms with Crippen molar-refractivity contribution >= 4 is 23.0 Å². The maximum atomic E-state index is 12.6. The molecule has 2 aromatic rings. The summed E-state index contributed by atoms with van der Waals surface area (Å²) in [5, 5.41) is 16.1. The molecule has 1 aliphatic rings. The highest BCUT2D eigenvalue weighted by atomic mass is 16.5. The fraction of sp³-hybridized carbons (Fsp3) is 0.500. The summed E-state index contributed by atoms with van der Waals surface area (Å²) >= 11 is 0. The molecule has 1 unspecified atom stereocenters. The fourth-order valence-corrected chi connectivity index (χ4v) is 2.54. The van der Waals surface area contributed by atoms with Gasteiger partial charge in [-0.25, -0.2) is 4.98 Å². The first-order chi connectivity index (χ1) is 11.0. The van der Waals surface area contributed by atoms with Crippen LogP contribution in [0.5, 0.6) is 0 Å². The minimum Gasteiger partial charge on any atom is -0.480 e. The molecule has 23 heavy (non-hydrogen) atoms. The Morgan fingerprint density at radius 1 is 1.48 bits per heavy atom. The van der Waals surface area contributed by atoms with Gasteiger partial charge in [-0.05, 0) is 32.3 Å². The number of rotatable bonds is 6. The summed E-state index contributed by atoms with van der Waals surface area (Å²) in [6.45, 7) is 3.44. The number of hydrogen-bond donors (Lipinski definition) is 2. The molecule has 1 saturated carbocycles. The van der Waals surface area contributed by atoms with Crippen LogP contribution in [0.2, 0.25) is 0 Å². The average Bonchev–Trinajstić information content (AvgIpc) is 3.29. The zero-order valence-electron chi connectivity index (χ0n) is 13.1. The number of carbonyl (C=O) groups is 2. The number of hydrogen-bond acceptors (Lipinski definition) is 5. The lowest BCUT2D eigenvalue weighted by atomic mass is 10.0. The third-order valence-electron chi connectivity index (χ3n) is 3.98. The van der Waals surface area contributed by atoms with E-state index in [0.29, 0.717) is 34.7 Å². The van der Waals surface area contributed by atoms with E-state index in [1.807, 2.05) is 6.92 Å². The van der Waals surface area contributed by atoms with Crippen molar-refractivity contribution in [2.75, 3.05) is 0 Å². The smallest absolute Gasteiger partial charge is 0.325 e. The SMILES string of the molecule is CCCc1noc2nc(C3CC3)cc(C(=O)NC(C)C(=O)O)c12.